The molecule has 0 saturated heterocycles. The van der Waals surface area contributed by atoms with E-state index in [1.807, 2.05) is 6.07 Å². The maximum atomic E-state index is 12.2. The summed E-state index contributed by atoms with van der Waals surface area (Å²) in [5.41, 5.74) is 3.15. The van der Waals surface area contributed by atoms with Crippen LogP contribution in [0, 0.1) is 5.92 Å². The van der Waals surface area contributed by atoms with Gasteiger partial charge in [-0.1, -0.05) is 13.8 Å². The molecule has 0 saturated carbocycles. The number of hydrogen-bond donors (Lipinski definition) is 0. The summed E-state index contributed by atoms with van der Waals surface area (Å²) in [6, 6.07) is 9.32. The zero-order valence-corrected chi connectivity index (χ0v) is 13.2. The maximum absolute atomic E-state index is 12.2. The van der Waals surface area contributed by atoms with Crippen LogP contribution >= 0.6 is 0 Å². The summed E-state index contributed by atoms with van der Waals surface area (Å²) in [6.07, 6.45) is -2.22. The highest BCUT2D eigenvalue weighted by atomic mass is 19.4. The average Bonchev–Trinajstić information content (AvgIpc) is 2.85. The summed E-state index contributed by atoms with van der Waals surface area (Å²) in [7, 11) is 0. The number of nitrogens with zero attached hydrogens (tertiary/aromatic N) is 3. The topological polar surface area (TPSA) is 39.9 Å². The van der Waals surface area contributed by atoms with Gasteiger partial charge in [0.15, 0.2) is 0 Å². The predicted molar refractivity (Wildman–Crippen MR) is 84.1 cm³/mol. The van der Waals surface area contributed by atoms with Gasteiger partial charge in [-0.25, -0.2) is 4.68 Å². The highest BCUT2D eigenvalue weighted by Crippen LogP contribution is 2.26. The molecule has 0 N–H and O–H groups in total. The third-order valence-corrected chi connectivity index (χ3v) is 3.43. The fraction of sp³-hybridized carbons (Fsp3) is 0.294. The summed E-state index contributed by atoms with van der Waals surface area (Å²) in [4.78, 5) is 4.39. The lowest BCUT2D eigenvalue weighted by molar-refractivity contribution is -0.274. The van der Waals surface area contributed by atoms with Gasteiger partial charge in [-0.05, 0) is 48.7 Å². The monoisotopic (exact) mass is 335 g/mol. The van der Waals surface area contributed by atoms with Crippen molar-refractivity contribution in [2.45, 2.75) is 26.6 Å². The van der Waals surface area contributed by atoms with Crippen molar-refractivity contribution in [1.29, 1.82) is 0 Å². The van der Waals surface area contributed by atoms with Gasteiger partial charge in [0.05, 0.1) is 16.9 Å². The van der Waals surface area contributed by atoms with Gasteiger partial charge in [-0.15, -0.1) is 13.2 Å². The van der Waals surface area contributed by atoms with Gasteiger partial charge in [0.2, 0.25) is 0 Å². The van der Waals surface area contributed by atoms with Gasteiger partial charge in [0.25, 0.3) is 0 Å². The first-order valence-corrected chi connectivity index (χ1v) is 7.52. The van der Waals surface area contributed by atoms with Crippen molar-refractivity contribution in [2.75, 3.05) is 0 Å². The summed E-state index contributed by atoms with van der Waals surface area (Å²) in [6.45, 7) is 4.19. The van der Waals surface area contributed by atoms with E-state index in [0.717, 1.165) is 23.1 Å². The third kappa shape index (κ3) is 3.50. The van der Waals surface area contributed by atoms with Crippen molar-refractivity contribution in [2.24, 2.45) is 5.92 Å². The smallest absolute Gasteiger partial charge is 0.406 e. The van der Waals surface area contributed by atoms with Crippen LogP contribution in [0.5, 0.6) is 5.75 Å². The standard InChI is InChI=1S/C17H16F3N3O/c1-11(2)10-14-16-15(4-3-9-21-16)23(22-14)12-5-7-13(8-6-12)24-17(18,19)20/h3-9,11H,10H2,1-2H3. The van der Waals surface area contributed by atoms with Gasteiger partial charge >= 0.3 is 6.36 Å². The lowest BCUT2D eigenvalue weighted by atomic mass is 10.1. The molecule has 0 atom stereocenters. The zero-order valence-electron chi connectivity index (χ0n) is 13.2. The molecule has 3 aromatic rings. The molecule has 24 heavy (non-hydrogen) atoms. The van der Waals surface area contributed by atoms with E-state index in [0.29, 0.717) is 11.6 Å². The van der Waals surface area contributed by atoms with Crippen LogP contribution in [0.25, 0.3) is 16.7 Å². The molecular weight excluding hydrogens is 319 g/mol. The molecule has 0 aliphatic carbocycles. The molecule has 0 amide bonds. The second-order valence-electron chi connectivity index (χ2n) is 5.87. The lowest BCUT2D eigenvalue weighted by Crippen LogP contribution is -2.17. The van der Waals surface area contributed by atoms with Crippen molar-refractivity contribution in [3.8, 4) is 11.4 Å². The minimum Gasteiger partial charge on any atom is -0.406 e. The van der Waals surface area contributed by atoms with E-state index in [1.165, 1.54) is 12.1 Å². The molecule has 0 bridgehead atoms. The Hall–Kier alpha value is -2.57. The highest BCUT2D eigenvalue weighted by molar-refractivity contribution is 5.79. The largest absolute Gasteiger partial charge is 0.573 e. The minimum atomic E-state index is -4.70. The number of alkyl halides is 3. The Morgan fingerprint density at radius 3 is 2.46 bits per heavy atom. The molecule has 0 spiro atoms. The zero-order chi connectivity index (χ0) is 17.3. The summed E-state index contributed by atoms with van der Waals surface area (Å²) in [5, 5.41) is 4.60. The fourth-order valence-corrected chi connectivity index (χ4v) is 2.52. The number of halogens is 3. The Balaban J connectivity index is 2.00. The molecule has 0 unspecified atom stereocenters. The number of rotatable bonds is 4. The van der Waals surface area contributed by atoms with Gasteiger partial charge in [0, 0.05) is 6.20 Å². The molecule has 3 rings (SSSR count). The Morgan fingerprint density at radius 2 is 1.83 bits per heavy atom. The number of benzene rings is 1. The van der Waals surface area contributed by atoms with E-state index >= 15 is 0 Å². The minimum absolute atomic E-state index is 0.261. The van der Waals surface area contributed by atoms with E-state index in [-0.39, 0.29) is 5.75 Å². The van der Waals surface area contributed by atoms with Crippen LogP contribution in [0.4, 0.5) is 13.2 Å². The van der Waals surface area contributed by atoms with Crippen LogP contribution in [-0.4, -0.2) is 21.1 Å². The quantitative estimate of drug-likeness (QED) is 0.704. The number of aromatic nitrogens is 3. The Morgan fingerprint density at radius 1 is 1.12 bits per heavy atom. The number of ether oxygens (including phenoxy) is 1. The SMILES string of the molecule is CC(C)Cc1nn(-c2ccc(OC(F)(F)F)cc2)c2cccnc12. The molecule has 0 fully saturated rings. The van der Waals surface area contributed by atoms with Gasteiger partial charge < -0.3 is 4.74 Å². The first kappa shape index (κ1) is 16.3. The second-order valence-corrected chi connectivity index (χ2v) is 5.87. The molecule has 0 radical (unpaired) electrons. The summed E-state index contributed by atoms with van der Waals surface area (Å²) in [5.74, 6) is 0.157. The molecule has 0 aliphatic heterocycles. The van der Waals surface area contributed by atoms with Crippen molar-refractivity contribution in [3.63, 3.8) is 0 Å². The third-order valence-electron chi connectivity index (χ3n) is 3.43. The van der Waals surface area contributed by atoms with E-state index in [2.05, 4.69) is 28.7 Å². The van der Waals surface area contributed by atoms with Gasteiger partial charge in [-0.3, -0.25) is 4.98 Å². The Bertz CT molecular complexity index is 838. The van der Waals surface area contributed by atoms with Crippen molar-refractivity contribution in [3.05, 3.63) is 48.3 Å². The Kier molecular flexibility index (Phi) is 4.17. The molecule has 7 heteroatoms. The average molecular weight is 335 g/mol. The van der Waals surface area contributed by atoms with Gasteiger partial charge in [0.1, 0.15) is 11.3 Å². The summed E-state index contributed by atoms with van der Waals surface area (Å²) < 4.78 is 42.3. The first-order valence-electron chi connectivity index (χ1n) is 7.52. The number of hydrogen-bond acceptors (Lipinski definition) is 3. The van der Waals surface area contributed by atoms with Crippen LogP contribution in [0.1, 0.15) is 19.5 Å². The van der Waals surface area contributed by atoms with Crippen LogP contribution in [-0.2, 0) is 6.42 Å². The van der Waals surface area contributed by atoms with Crippen molar-refractivity contribution < 1.29 is 17.9 Å². The second kappa shape index (κ2) is 6.14. The Labute approximate surface area is 136 Å². The van der Waals surface area contributed by atoms with E-state index in [1.54, 1.807) is 29.1 Å². The van der Waals surface area contributed by atoms with Crippen LogP contribution in [0.15, 0.2) is 42.6 Å². The molecule has 2 heterocycles. The molecule has 1 aromatic carbocycles. The number of pyridine rings is 1. The van der Waals surface area contributed by atoms with Gasteiger partial charge in [-0.2, -0.15) is 5.10 Å². The highest BCUT2D eigenvalue weighted by Gasteiger charge is 2.31. The van der Waals surface area contributed by atoms with Crippen molar-refractivity contribution >= 4 is 11.0 Å². The van der Waals surface area contributed by atoms with Crippen LogP contribution in [0.3, 0.4) is 0 Å². The maximum Gasteiger partial charge on any atom is 0.573 e. The molecular formula is C17H16F3N3O. The molecule has 126 valence electrons. The van der Waals surface area contributed by atoms with E-state index in [9.17, 15) is 13.2 Å². The van der Waals surface area contributed by atoms with E-state index < -0.39 is 6.36 Å². The molecule has 4 nitrogen and oxygen atoms in total. The molecule has 2 aromatic heterocycles. The van der Waals surface area contributed by atoms with E-state index in [4.69, 9.17) is 0 Å². The fourth-order valence-electron chi connectivity index (χ4n) is 2.52. The first-order chi connectivity index (χ1) is 11.3. The normalized spacial score (nSPS) is 12.1. The summed E-state index contributed by atoms with van der Waals surface area (Å²) >= 11 is 0. The lowest BCUT2D eigenvalue weighted by Gasteiger charge is -2.09. The van der Waals surface area contributed by atoms with Crippen LogP contribution in [0.2, 0.25) is 0 Å². The van der Waals surface area contributed by atoms with Crippen molar-refractivity contribution in [1.82, 2.24) is 14.8 Å². The van der Waals surface area contributed by atoms with Crippen LogP contribution < -0.4 is 4.74 Å². The number of fused-ring (bicyclic) bond motifs is 1. The molecule has 0 aliphatic rings. The predicted octanol–water partition coefficient (Wildman–Crippen LogP) is 4.52.